The minimum Gasteiger partial charge on any atom is -0.340 e. The zero-order valence-corrected chi connectivity index (χ0v) is 18.4. The number of nitrogens with zero attached hydrogens (tertiary/aromatic N) is 4. The largest absolute Gasteiger partial charge is 0.340 e. The molecule has 0 unspecified atom stereocenters. The number of hydrogen-bond acceptors (Lipinski definition) is 4. The van der Waals surface area contributed by atoms with E-state index in [1.54, 1.807) is 0 Å². The third-order valence-corrected chi connectivity index (χ3v) is 7.37. The second-order valence-electron chi connectivity index (χ2n) is 9.46. The highest BCUT2D eigenvalue weighted by atomic mass is 16.2. The summed E-state index contributed by atoms with van der Waals surface area (Å²) >= 11 is 0. The lowest BCUT2D eigenvalue weighted by molar-refractivity contribution is -0.140. The Bertz CT molecular complexity index is 677. The number of pyridine rings is 1. The maximum absolute atomic E-state index is 13.0. The quantitative estimate of drug-likeness (QED) is 0.779. The second-order valence-corrected chi connectivity index (χ2v) is 9.46. The summed E-state index contributed by atoms with van der Waals surface area (Å²) in [5, 5.41) is 0. The molecule has 3 saturated heterocycles. The van der Waals surface area contributed by atoms with Crippen LogP contribution in [0.25, 0.3) is 0 Å². The SMILES string of the molecule is Cc1cccc(CN2CCC(N3CCC(C(=O)N4CCCC[C@@H]4C)CC3)CC2)n1. The highest BCUT2D eigenvalue weighted by Crippen LogP contribution is 2.27. The average molecular weight is 399 g/mol. The Morgan fingerprint density at radius 3 is 2.45 bits per heavy atom. The summed E-state index contributed by atoms with van der Waals surface area (Å²) < 4.78 is 0. The van der Waals surface area contributed by atoms with Gasteiger partial charge in [0.2, 0.25) is 5.91 Å². The Kier molecular flexibility index (Phi) is 6.86. The number of amides is 1. The number of carbonyl (C=O) groups excluding carboxylic acids is 1. The van der Waals surface area contributed by atoms with Gasteiger partial charge < -0.3 is 9.80 Å². The van der Waals surface area contributed by atoms with Gasteiger partial charge in [0.25, 0.3) is 0 Å². The first-order valence-electron chi connectivity index (χ1n) is 11.8. The standard InChI is InChI=1S/C24H38N4O/c1-19-6-5-8-22(25-19)18-26-14-11-23(12-15-26)27-16-9-21(10-17-27)24(29)28-13-4-3-7-20(28)2/h5-6,8,20-21,23H,3-4,7,9-18H2,1-2H3/t20-/m0/s1. The Balaban J connectivity index is 1.21. The minimum atomic E-state index is 0.263. The van der Waals surface area contributed by atoms with Gasteiger partial charge in [-0.05, 0) is 84.0 Å². The molecule has 0 saturated carbocycles. The van der Waals surface area contributed by atoms with Gasteiger partial charge in [-0.3, -0.25) is 14.7 Å². The molecule has 0 bridgehead atoms. The molecular formula is C24H38N4O. The van der Waals surface area contributed by atoms with Crippen molar-refractivity contribution in [3.05, 3.63) is 29.6 Å². The van der Waals surface area contributed by atoms with Crippen LogP contribution < -0.4 is 0 Å². The van der Waals surface area contributed by atoms with Crippen LogP contribution in [-0.2, 0) is 11.3 Å². The van der Waals surface area contributed by atoms with Crippen LogP contribution >= 0.6 is 0 Å². The summed E-state index contributed by atoms with van der Waals surface area (Å²) in [6, 6.07) is 7.46. The van der Waals surface area contributed by atoms with E-state index >= 15 is 0 Å². The maximum Gasteiger partial charge on any atom is 0.226 e. The molecule has 160 valence electrons. The summed E-state index contributed by atoms with van der Waals surface area (Å²) in [6.07, 6.45) is 8.24. The van der Waals surface area contributed by atoms with Gasteiger partial charge in [0.1, 0.15) is 0 Å². The summed E-state index contributed by atoms with van der Waals surface area (Å²) in [7, 11) is 0. The maximum atomic E-state index is 13.0. The van der Waals surface area contributed by atoms with E-state index in [-0.39, 0.29) is 5.92 Å². The molecule has 1 aromatic rings. The van der Waals surface area contributed by atoms with Crippen molar-refractivity contribution in [1.82, 2.24) is 19.7 Å². The molecule has 1 atom stereocenters. The van der Waals surface area contributed by atoms with E-state index in [0.29, 0.717) is 18.0 Å². The summed E-state index contributed by atoms with van der Waals surface area (Å²) in [4.78, 5) is 25.0. The van der Waals surface area contributed by atoms with Crippen molar-refractivity contribution < 1.29 is 4.79 Å². The Hall–Kier alpha value is -1.46. The number of carbonyl (C=O) groups is 1. The van der Waals surface area contributed by atoms with Crippen molar-refractivity contribution in [2.75, 3.05) is 32.7 Å². The molecule has 0 radical (unpaired) electrons. The van der Waals surface area contributed by atoms with Crippen LogP contribution in [-0.4, -0.2) is 70.4 Å². The lowest BCUT2D eigenvalue weighted by Crippen LogP contribution is -2.51. The molecule has 4 heterocycles. The molecule has 0 aromatic carbocycles. The van der Waals surface area contributed by atoms with E-state index in [2.05, 4.69) is 51.7 Å². The number of likely N-dealkylation sites (tertiary alicyclic amines) is 3. The van der Waals surface area contributed by atoms with Gasteiger partial charge in [-0.15, -0.1) is 0 Å². The zero-order chi connectivity index (χ0) is 20.2. The van der Waals surface area contributed by atoms with Gasteiger partial charge >= 0.3 is 0 Å². The van der Waals surface area contributed by atoms with Crippen LogP contribution in [0.1, 0.15) is 63.3 Å². The van der Waals surface area contributed by atoms with Gasteiger partial charge in [0.15, 0.2) is 0 Å². The normalized spacial score (nSPS) is 26.0. The first kappa shape index (κ1) is 20.8. The monoisotopic (exact) mass is 398 g/mol. The average Bonchev–Trinajstić information content (AvgIpc) is 2.74. The summed E-state index contributed by atoms with van der Waals surface area (Å²) in [5.74, 6) is 0.705. The first-order valence-corrected chi connectivity index (χ1v) is 11.8. The fraction of sp³-hybridized carbons (Fsp3) is 0.750. The van der Waals surface area contributed by atoms with Gasteiger partial charge in [0, 0.05) is 49.9 Å². The van der Waals surface area contributed by atoms with E-state index in [1.165, 1.54) is 37.8 Å². The molecule has 4 rings (SSSR count). The van der Waals surface area contributed by atoms with Gasteiger partial charge in [-0.1, -0.05) is 6.07 Å². The van der Waals surface area contributed by atoms with Crippen molar-refractivity contribution >= 4 is 5.91 Å². The fourth-order valence-corrected chi connectivity index (χ4v) is 5.53. The molecule has 5 nitrogen and oxygen atoms in total. The van der Waals surface area contributed by atoms with E-state index in [0.717, 1.165) is 57.8 Å². The third kappa shape index (κ3) is 5.18. The fourth-order valence-electron chi connectivity index (χ4n) is 5.53. The Labute approximate surface area is 176 Å². The topological polar surface area (TPSA) is 39.7 Å². The van der Waals surface area contributed by atoms with Crippen LogP contribution in [0.4, 0.5) is 0 Å². The van der Waals surface area contributed by atoms with Crippen molar-refractivity contribution in [2.45, 2.75) is 77.4 Å². The van der Waals surface area contributed by atoms with Crippen LogP contribution in [0.5, 0.6) is 0 Å². The predicted molar refractivity (Wildman–Crippen MR) is 117 cm³/mol. The molecule has 3 aliphatic rings. The van der Waals surface area contributed by atoms with Crippen molar-refractivity contribution in [3.63, 3.8) is 0 Å². The third-order valence-electron chi connectivity index (χ3n) is 7.37. The Morgan fingerprint density at radius 2 is 1.76 bits per heavy atom. The summed E-state index contributed by atoms with van der Waals surface area (Å²) in [5.41, 5.74) is 2.29. The number of aryl methyl sites for hydroxylation is 1. The van der Waals surface area contributed by atoms with E-state index in [1.807, 2.05) is 0 Å². The van der Waals surface area contributed by atoms with Crippen molar-refractivity contribution in [3.8, 4) is 0 Å². The van der Waals surface area contributed by atoms with Crippen molar-refractivity contribution in [1.29, 1.82) is 0 Å². The minimum absolute atomic E-state index is 0.263. The van der Waals surface area contributed by atoms with E-state index in [4.69, 9.17) is 0 Å². The number of rotatable bonds is 4. The molecule has 0 spiro atoms. The number of aromatic nitrogens is 1. The molecule has 5 heteroatoms. The van der Waals surface area contributed by atoms with Crippen LogP contribution in [0.3, 0.4) is 0 Å². The molecule has 0 aliphatic carbocycles. The Morgan fingerprint density at radius 1 is 1.00 bits per heavy atom. The van der Waals surface area contributed by atoms with E-state index in [9.17, 15) is 4.79 Å². The van der Waals surface area contributed by atoms with Gasteiger partial charge in [0.05, 0.1) is 5.69 Å². The van der Waals surface area contributed by atoms with E-state index < -0.39 is 0 Å². The number of piperidine rings is 3. The zero-order valence-electron chi connectivity index (χ0n) is 18.4. The van der Waals surface area contributed by atoms with Crippen molar-refractivity contribution in [2.24, 2.45) is 5.92 Å². The summed E-state index contributed by atoms with van der Waals surface area (Å²) in [6.45, 7) is 10.8. The van der Waals surface area contributed by atoms with Gasteiger partial charge in [-0.25, -0.2) is 0 Å². The predicted octanol–water partition coefficient (Wildman–Crippen LogP) is 3.47. The molecule has 0 N–H and O–H groups in total. The van der Waals surface area contributed by atoms with Crippen LogP contribution in [0.15, 0.2) is 18.2 Å². The number of hydrogen-bond donors (Lipinski definition) is 0. The van der Waals surface area contributed by atoms with Crippen LogP contribution in [0, 0.1) is 12.8 Å². The molecule has 1 amide bonds. The van der Waals surface area contributed by atoms with Crippen LogP contribution in [0.2, 0.25) is 0 Å². The molecule has 1 aromatic heterocycles. The molecular weight excluding hydrogens is 360 g/mol. The smallest absolute Gasteiger partial charge is 0.226 e. The molecule has 29 heavy (non-hydrogen) atoms. The second kappa shape index (κ2) is 9.57. The highest BCUT2D eigenvalue weighted by molar-refractivity contribution is 5.79. The lowest BCUT2D eigenvalue weighted by Gasteiger charge is -2.43. The highest BCUT2D eigenvalue weighted by Gasteiger charge is 2.34. The molecule has 3 aliphatic heterocycles. The molecule has 3 fully saturated rings. The lowest BCUT2D eigenvalue weighted by atomic mass is 9.91. The first-order chi connectivity index (χ1) is 14.1. The van der Waals surface area contributed by atoms with Gasteiger partial charge in [-0.2, -0.15) is 0 Å².